The van der Waals surface area contributed by atoms with Crippen molar-refractivity contribution < 1.29 is 46.1 Å². The Bertz CT molecular complexity index is 1870. The van der Waals surface area contributed by atoms with Crippen LogP contribution in [0.2, 0.25) is 0 Å². The summed E-state index contributed by atoms with van der Waals surface area (Å²) in [6, 6.07) is 46.8. The predicted molar refractivity (Wildman–Crippen MR) is 190 cm³/mol. The standard InChI is InChI=1S/C21H25.C13H10.C10H9.2ClH.Zr/c1-20(2,3)16-7-9-18-14(12-16)11-15-13-17(21(4,5)6)8-10-19(15)18;1-3-7-12(8-4-1)11-13-9-5-2-6-10-13;1-8-6-9-4-2-3-5-10(9)7-8;;;/h7-13H,1-6H3;1-10H;2-7H,1H3;2*1H;/q;;;;;+2/p-2. The maximum Gasteiger partial charge on any atom is -1.00 e. The Balaban J connectivity index is 0.00000217. The second kappa shape index (κ2) is 13.6. The van der Waals surface area contributed by atoms with E-state index in [2.05, 4.69) is 176 Å². The minimum Gasteiger partial charge on any atom is -1.00 e. The normalized spacial score (nSPS) is 14.9. The molecule has 47 heavy (non-hydrogen) atoms. The van der Waals surface area contributed by atoms with Gasteiger partial charge in [-0.15, -0.1) is 0 Å². The van der Waals surface area contributed by atoms with Gasteiger partial charge in [0.25, 0.3) is 0 Å². The molecule has 1 unspecified atom stereocenters. The fourth-order valence-corrected chi connectivity index (χ4v) is 18.0. The van der Waals surface area contributed by atoms with Gasteiger partial charge in [-0.3, -0.25) is 0 Å². The van der Waals surface area contributed by atoms with E-state index in [9.17, 15) is 0 Å². The number of benzene rings is 5. The van der Waals surface area contributed by atoms with Crippen LogP contribution in [0.5, 0.6) is 0 Å². The number of allylic oxidation sites excluding steroid dienone is 1. The average molecular weight is 735 g/mol. The van der Waals surface area contributed by atoms with Crippen LogP contribution in [0.4, 0.5) is 0 Å². The summed E-state index contributed by atoms with van der Waals surface area (Å²) in [5.74, 6) is 0. The van der Waals surface area contributed by atoms with Gasteiger partial charge >= 0.3 is 280 Å². The predicted octanol–water partition coefficient (Wildman–Crippen LogP) is 5.40. The molecule has 2 aliphatic carbocycles. The maximum absolute atomic E-state index is 2.87. The first-order valence-corrected chi connectivity index (χ1v) is 20.5. The van der Waals surface area contributed by atoms with Crippen molar-refractivity contribution in [3.8, 4) is 11.1 Å². The monoisotopic (exact) mass is 732 g/mol. The van der Waals surface area contributed by atoms with Crippen LogP contribution < -0.4 is 24.8 Å². The van der Waals surface area contributed by atoms with Crippen LogP contribution in [0, 0.1) is 0 Å². The summed E-state index contributed by atoms with van der Waals surface area (Å²) in [4.78, 5) is 0. The third-order valence-electron chi connectivity index (χ3n) is 9.93. The Morgan fingerprint density at radius 2 is 0.957 bits per heavy atom. The Morgan fingerprint density at radius 1 is 0.511 bits per heavy atom. The first-order chi connectivity index (χ1) is 21.5. The molecule has 0 heterocycles. The summed E-state index contributed by atoms with van der Waals surface area (Å²) in [6.07, 6.45) is 2.49. The Kier molecular flexibility index (Phi) is 10.3. The van der Waals surface area contributed by atoms with Crippen LogP contribution in [0.15, 0.2) is 127 Å². The number of hydrogen-bond donors (Lipinski definition) is 0. The summed E-state index contributed by atoms with van der Waals surface area (Å²) < 4.78 is 2.45. The van der Waals surface area contributed by atoms with Crippen LogP contribution in [0.25, 0.3) is 17.2 Å². The molecule has 1 atom stereocenters. The third-order valence-corrected chi connectivity index (χ3v) is 19.2. The molecule has 2 aliphatic rings. The van der Waals surface area contributed by atoms with Gasteiger partial charge in [-0.1, -0.05) is 0 Å². The van der Waals surface area contributed by atoms with Crippen molar-refractivity contribution in [2.24, 2.45) is 0 Å². The van der Waals surface area contributed by atoms with E-state index in [0.29, 0.717) is 7.25 Å². The van der Waals surface area contributed by atoms with Gasteiger partial charge in [-0.05, 0) is 0 Å². The van der Waals surface area contributed by atoms with Gasteiger partial charge in [-0.2, -0.15) is 0 Å². The van der Waals surface area contributed by atoms with Crippen molar-refractivity contribution in [3.05, 3.63) is 171 Å². The van der Waals surface area contributed by atoms with Gasteiger partial charge in [0, 0.05) is 0 Å². The summed E-state index contributed by atoms with van der Waals surface area (Å²) in [6.45, 7) is 16.5. The molecular formula is C44H44Cl2Zr. The smallest absolute Gasteiger partial charge is 1.00 e. The summed E-state index contributed by atoms with van der Waals surface area (Å²) in [7, 11) is 0. The fourth-order valence-electron chi connectivity index (χ4n) is 7.59. The molecule has 0 aliphatic heterocycles. The van der Waals surface area contributed by atoms with Crippen LogP contribution in [-0.2, 0) is 32.1 Å². The van der Waals surface area contributed by atoms with E-state index in [0.717, 1.165) is 0 Å². The largest absolute Gasteiger partial charge is 1.00 e. The average Bonchev–Trinajstić information content (AvgIpc) is 3.53. The first kappa shape index (κ1) is 35.5. The van der Waals surface area contributed by atoms with E-state index in [1.54, 1.807) is 14.3 Å². The van der Waals surface area contributed by atoms with E-state index in [1.807, 2.05) is 0 Å². The zero-order valence-corrected chi connectivity index (χ0v) is 32.5. The molecule has 5 aromatic rings. The van der Waals surface area contributed by atoms with Gasteiger partial charge in [0.2, 0.25) is 0 Å². The number of halogens is 2. The molecule has 0 fully saturated rings. The molecule has 3 heteroatoms. The first-order valence-electron chi connectivity index (χ1n) is 16.4. The summed E-state index contributed by atoms with van der Waals surface area (Å²) in [5, 5.41) is 0. The fraction of sp³-hybridized carbons (Fsp3) is 0.250. The summed E-state index contributed by atoms with van der Waals surface area (Å²) >= 11 is -2.87. The van der Waals surface area contributed by atoms with Gasteiger partial charge in [-0.25, -0.2) is 0 Å². The minimum absolute atomic E-state index is 0. The van der Waals surface area contributed by atoms with Crippen LogP contribution in [0.3, 0.4) is 0 Å². The molecule has 0 N–H and O–H groups in total. The van der Waals surface area contributed by atoms with Crippen molar-refractivity contribution in [1.29, 1.82) is 0 Å². The SMILES string of the molecule is CC1=Cc2ccccc2[CH]1[Zr+2](=[C](c1ccccc1)c1ccccc1)[CH]1c2cc(C(C)(C)C)ccc2-c2ccc(C(C)(C)C)cc21.[Cl-].[Cl-]. The minimum atomic E-state index is -2.87. The Hall–Kier alpha value is -2.83. The molecule has 5 aromatic carbocycles. The van der Waals surface area contributed by atoms with Crippen LogP contribution >= 0.6 is 0 Å². The van der Waals surface area contributed by atoms with E-state index in [-0.39, 0.29) is 35.6 Å². The molecule has 0 spiro atoms. The Morgan fingerprint density at radius 3 is 1.43 bits per heavy atom. The summed E-state index contributed by atoms with van der Waals surface area (Å²) in [5.41, 5.74) is 16.3. The van der Waals surface area contributed by atoms with Crippen molar-refractivity contribution in [1.82, 2.24) is 0 Å². The number of rotatable bonds is 4. The van der Waals surface area contributed by atoms with Crippen molar-refractivity contribution in [3.63, 3.8) is 0 Å². The number of fused-ring (bicyclic) bond motifs is 4. The molecule has 0 nitrogen and oxygen atoms in total. The van der Waals surface area contributed by atoms with E-state index in [4.69, 9.17) is 0 Å². The van der Waals surface area contributed by atoms with Gasteiger partial charge in [0.1, 0.15) is 0 Å². The van der Waals surface area contributed by atoms with Crippen LogP contribution in [-0.4, -0.2) is 3.21 Å². The zero-order valence-electron chi connectivity index (χ0n) is 28.5. The quantitative estimate of drug-likeness (QED) is 0.232. The van der Waals surface area contributed by atoms with E-state index < -0.39 is 21.3 Å². The molecule has 0 bridgehead atoms. The van der Waals surface area contributed by atoms with E-state index in [1.165, 1.54) is 50.1 Å². The van der Waals surface area contributed by atoms with Gasteiger partial charge in [0.05, 0.1) is 0 Å². The Labute approximate surface area is 302 Å². The topological polar surface area (TPSA) is 0 Å². The molecule has 0 aromatic heterocycles. The van der Waals surface area contributed by atoms with Crippen LogP contribution in [0.1, 0.15) is 100 Å². The number of hydrogen-bond acceptors (Lipinski definition) is 0. The molecule has 0 radical (unpaired) electrons. The second-order valence-electron chi connectivity index (χ2n) is 15.0. The van der Waals surface area contributed by atoms with Crippen molar-refractivity contribution in [2.75, 3.05) is 0 Å². The molecule has 7 rings (SSSR count). The van der Waals surface area contributed by atoms with Crippen molar-refractivity contribution >= 4 is 9.28 Å². The zero-order chi connectivity index (χ0) is 31.5. The molecule has 238 valence electrons. The van der Waals surface area contributed by atoms with Gasteiger partial charge in [0.15, 0.2) is 0 Å². The maximum atomic E-state index is 2.60. The molecular weight excluding hydrogens is 691 g/mol. The van der Waals surface area contributed by atoms with Gasteiger partial charge < -0.3 is 24.8 Å². The molecule has 0 saturated carbocycles. The molecule has 0 amide bonds. The third kappa shape index (κ3) is 6.49. The second-order valence-corrected chi connectivity index (χ2v) is 21.4. The van der Waals surface area contributed by atoms with Crippen molar-refractivity contribution in [2.45, 2.75) is 66.5 Å². The van der Waals surface area contributed by atoms with E-state index >= 15 is 0 Å². The molecule has 0 saturated heterocycles.